The monoisotopic (exact) mass is 464 g/mol. The number of ketones is 1. The van der Waals surface area contributed by atoms with Crippen molar-refractivity contribution < 1.29 is 4.79 Å². The van der Waals surface area contributed by atoms with Crippen LogP contribution in [0.2, 0.25) is 0 Å². The van der Waals surface area contributed by atoms with E-state index in [0.717, 1.165) is 24.9 Å². The molecule has 0 amide bonds. The van der Waals surface area contributed by atoms with E-state index in [9.17, 15) is 4.79 Å². The first-order valence-corrected chi connectivity index (χ1v) is 13.1. The maximum absolute atomic E-state index is 13.1. The average molecular weight is 465 g/mol. The minimum atomic E-state index is 0.261. The van der Waals surface area contributed by atoms with Gasteiger partial charge in [0.25, 0.3) is 0 Å². The lowest BCUT2D eigenvalue weighted by molar-refractivity contribution is 0.0977. The standard InChI is InChI=1S/C32H36N2O/c1-33(2)26-16-13-24(14-17-26)22-30-28-11-5-4-10-27(28)29-18-15-25(23-31(29)30)32(35)12-6-9-21-34-19-7-3-8-20-34/h4-5,10-11,13-18,22-23H,3,6-9,12,19-21H2,1-2H3/b30-22+. The normalized spacial score (nSPS) is 16.2. The molecule has 1 saturated heterocycles. The van der Waals surface area contributed by atoms with Crippen molar-refractivity contribution in [1.29, 1.82) is 0 Å². The van der Waals surface area contributed by atoms with Gasteiger partial charge in [-0.25, -0.2) is 0 Å². The van der Waals surface area contributed by atoms with Crippen LogP contribution in [0.1, 0.15) is 65.6 Å². The molecule has 0 unspecified atom stereocenters. The van der Waals surface area contributed by atoms with Crippen molar-refractivity contribution in [3.63, 3.8) is 0 Å². The maximum atomic E-state index is 13.1. The van der Waals surface area contributed by atoms with Crippen LogP contribution in [0.4, 0.5) is 5.69 Å². The number of nitrogens with zero attached hydrogens (tertiary/aromatic N) is 2. The van der Waals surface area contributed by atoms with Crippen molar-refractivity contribution in [2.24, 2.45) is 0 Å². The quantitative estimate of drug-likeness (QED) is 0.204. The Labute approximate surface area is 210 Å². The summed E-state index contributed by atoms with van der Waals surface area (Å²) in [7, 11) is 4.12. The molecule has 1 aliphatic carbocycles. The van der Waals surface area contributed by atoms with E-state index in [1.807, 2.05) is 6.07 Å². The van der Waals surface area contributed by atoms with Crippen LogP contribution in [0.3, 0.4) is 0 Å². The van der Waals surface area contributed by atoms with E-state index in [0.29, 0.717) is 6.42 Å². The highest BCUT2D eigenvalue weighted by atomic mass is 16.1. The Morgan fingerprint density at radius 1 is 0.829 bits per heavy atom. The molecule has 0 aromatic heterocycles. The Balaban J connectivity index is 1.35. The summed E-state index contributed by atoms with van der Waals surface area (Å²) in [5.41, 5.74) is 9.27. The summed E-state index contributed by atoms with van der Waals surface area (Å²) in [6.45, 7) is 3.59. The van der Waals surface area contributed by atoms with Crippen LogP contribution in [-0.4, -0.2) is 44.4 Å². The molecule has 0 radical (unpaired) electrons. The number of hydrogen-bond acceptors (Lipinski definition) is 3. The van der Waals surface area contributed by atoms with Crippen molar-refractivity contribution in [1.82, 2.24) is 4.90 Å². The molecular weight excluding hydrogens is 428 g/mol. The fourth-order valence-electron chi connectivity index (χ4n) is 5.41. The lowest BCUT2D eigenvalue weighted by Gasteiger charge is -2.26. The molecule has 1 fully saturated rings. The number of anilines is 1. The Morgan fingerprint density at radius 2 is 1.54 bits per heavy atom. The molecule has 0 spiro atoms. The summed E-state index contributed by atoms with van der Waals surface area (Å²) in [5, 5.41) is 0. The van der Waals surface area contributed by atoms with Gasteiger partial charge in [0.1, 0.15) is 0 Å². The zero-order chi connectivity index (χ0) is 24.2. The van der Waals surface area contributed by atoms with E-state index >= 15 is 0 Å². The summed E-state index contributed by atoms with van der Waals surface area (Å²) in [5.74, 6) is 0.261. The van der Waals surface area contributed by atoms with Crippen molar-refractivity contribution in [3.8, 4) is 11.1 Å². The molecule has 0 saturated carbocycles. The minimum Gasteiger partial charge on any atom is -0.378 e. The highest BCUT2D eigenvalue weighted by Crippen LogP contribution is 2.45. The van der Waals surface area contributed by atoms with Crippen LogP contribution in [0, 0.1) is 0 Å². The Kier molecular flexibility index (Phi) is 7.15. The predicted molar refractivity (Wildman–Crippen MR) is 148 cm³/mol. The number of benzene rings is 3. The van der Waals surface area contributed by atoms with Gasteiger partial charge in [-0.15, -0.1) is 0 Å². The molecule has 3 nitrogen and oxygen atoms in total. The molecule has 3 heteroatoms. The fourth-order valence-corrected chi connectivity index (χ4v) is 5.41. The highest BCUT2D eigenvalue weighted by Gasteiger charge is 2.24. The van der Waals surface area contributed by atoms with E-state index in [4.69, 9.17) is 0 Å². The molecule has 180 valence electrons. The van der Waals surface area contributed by atoms with Crippen LogP contribution >= 0.6 is 0 Å². The zero-order valence-electron chi connectivity index (χ0n) is 21.1. The summed E-state index contributed by atoms with van der Waals surface area (Å²) in [6, 6.07) is 23.5. The highest BCUT2D eigenvalue weighted by molar-refractivity contribution is 6.08. The number of Topliss-reactive ketones (excluding diaryl/α,β-unsaturated/α-hetero) is 1. The third-order valence-corrected chi connectivity index (χ3v) is 7.44. The largest absolute Gasteiger partial charge is 0.378 e. The van der Waals surface area contributed by atoms with Crippen molar-refractivity contribution in [3.05, 3.63) is 89.0 Å². The minimum absolute atomic E-state index is 0.261. The average Bonchev–Trinajstić information content (AvgIpc) is 3.20. The molecule has 0 N–H and O–H groups in total. The maximum Gasteiger partial charge on any atom is 0.162 e. The van der Waals surface area contributed by atoms with Gasteiger partial charge in [0.05, 0.1) is 0 Å². The van der Waals surface area contributed by atoms with E-state index in [1.165, 1.54) is 71.4 Å². The molecular formula is C32H36N2O. The topological polar surface area (TPSA) is 23.6 Å². The predicted octanol–water partition coefficient (Wildman–Crippen LogP) is 7.16. The third kappa shape index (κ3) is 5.26. The fraction of sp³-hybridized carbons (Fsp3) is 0.344. The van der Waals surface area contributed by atoms with Crippen molar-refractivity contribution in [2.75, 3.05) is 38.6 Å². The Hall–Kier alpha value is -3.17. The number of likely N-dealkylation sites (tertiary alicyclic amines) is 1. The van der Waals surface area contributed by atoms with E-state index in [2.05, 4.69) is 90.6 Å². The van der Waals surface area contributed by atoms with E-state index < -0.39 is 0 Å². The van der Waals surface area contributed by atoms with Crippen LogP contribution < -0.4 is 4.90 Å². The number of rotatable bonds is 8. The lowest BCUT2D eigenvalue weighted by Crippen LogP contribution is -2.30. The SMILES string of the molecule is CN(C)c1ccc(/C=C2\c3ccccc3-c3ccc(C(=O)CCCCN4CCCCC4)cc32)cc1. The molecule has 35 heavy (non-hydrogen) atoms. The first-order chi connectivity index (χ1) is 17.1. The lowest BCUT2D eigenvalue weighted by atomic mass is 9.96. The number of piperidine rings is 1. The second kappa shape index (κ2) is 10.6. The third-order valence-electron chi connectivity index (χ3n) is 7.44. The van der Waals surface area contributed by atoms with Crippen LogP contribution in [0.25, 0.3) is 22.8 Å². The van der Waals surface area contributed by atoms with Crippen molar-refractivity contribution >= 4 is 23.1 Å². The summed E-state index contributed by atoms with van der Waals surface area (Å²) in [6.07, 6.45) is 8.98. The van der Waals surface area contributed by atoms with Gasteiger partial charge in [-0.05, 0) is 103 Å². The van der Waals surface area contributed by atoms with E-state index in [1.54, 1.807) is 0 Å². The van der Waals surface area contributed by atoms with Crippen LogP contribution in [0.5, 0.6) is 0 Å². The number of carbonyl (C=O) groups is 1. The molecule has 2 aliphatic rings. The molecule has 5 rings (SSSR count). The first kappa shape index (κ1) is 23.6. The second-order valence-corrected chi connectivity index (χ2v) is 10.1. The molecule has 3 aromatic carbocycles. The Morgan fingerprint density at radius 3 is 2.29 bits per heavy atom. The second-order valence-electron chi connectivity index (χ2n) is 10.1. The van der Waals surface area contributed by atoms with Gasteiger partial charge >= 0.3 is 0 Å². The van der Waals surface area contributed by atoms with Gasteiger partial charge in [0, 0.05) is 31.8 Å². The molecule has 1 heterocycles. The van der Waals surface area contributed by atoms with Gasteiger partial charge in [-0.2, -0.15) is 0 Å². The number of carbonyl (C=O) groups excluding carboxylic acids is 1. The van der Waals surface area contributed by atoms with Gasteiger partial charge in [-0.3, -0.25) is 4.79 Å². The molecule has 0 bridgehead atoms. The zero-order valence-corrected chi connectivity index (χ0v) is 21.1. The Bertz CT molecular complexity index is 1220. The van der Waals surface area contributed by atoms with E-state index in [-0.39, 0.29) is 5.78 Å². The molecule has 1 aliphatic heterocycles. The first-order valence-electron chi connectivity index (χ1n) is 13.1. The van der Waals surface area contributed by atoms with Crippen LogP contribution in [0.15, 0.2) is 66.7 Å². The number of unbranched alkanes of at least 4 members (excludes halogenated alkanes) is 1. The van der Waals surface area contributed by atoms with Gasteiger partial charge in [0.2, 0.25) is 0 Å². The smallest absolute Gasteiger partial charge is 0.162 e. The van der Waals surface area contributed by atoms with Crippen LogP contribution in [-0.2, 0) is 0 Å². The van der Waals surface area contributed by atoms with Gasteiger partial charge < -0.3 is 9.80 Å². The number of fused-ring (bicyclic) bond motifs is 3. The van der Waals surface area contributed by atoms with Gasteiger partial charge in [-0.1, -0.05) is 55.0 Å². The summed E-state index contributed by atoms with van der Waals surface area (Å²) < 4.78 is 0. The molecule has 3 aromatic rings. The summed E-state index contributed by atoms with van der Waals surface area (Å²) in [4.78, 5) is 17.8. The molecule has 0 atom stereocenters. The van der Waals surface area contributed by atoms with Gasteiger partial charge in [0.15, 0.2) is 5.78 Å². The van der Waals surface area contributed by atoms with Crippen molar-refractivity contribution in [2.45, 2.75) is 38.5 Å². The number of hydrogen-bond donors (Lipinski definition) is 0. The summed E-state index contributed by atoms with van der Waals surface area (Å²) >= 11 is 0.